The molecule has 15 heavy (non-hydrogen) atoms. The Balaban J connectivity index is 2.22. The van der Waals surface area contributed by atoms with Crippen LogP contribution in [0.15, 0.2) is 0 Å². The largest absolute Gasteiger partial charge is 0.358 e. The van der Waals surface area contributed by atoms with Gasteiger partial charge in [0.05, 0.1) is 6.04 Å². The van der Waals surface area contributed by atoms with Crippen LogP contribution >= 0.6 is 0 Å². The average Bonchev–Trinajstić information content (AvgIpc) is 2.73. The maximum absolute atomic E-state index is 11.4. The van der Waals surface area contributed by atoms with Crippen LogP contribution in [-0.4, -0.2) is 50.1 Å². The third-order valence-electron chi connectivity index (χ3n) is 3.20. The zero-order chi connectivity index (χ0) is 11.3. The van der Waals surface area contributed by atoms with E-state index in [0.29, 0.717) is 6.04 Å². The highest BCUT2D eigenvalue weighted by molar-refractivity contribution is 5.81. The Hall–Kier alpha value is -0.610. The first-order chi connectivity index (χ1) is 7.17. The van der Waals surface area contributed by atoms with E-state index in [9.17, 15) is 4.79 Å². The molecule has 0 aromatic heterocycles. The molecular weight excluding hydrogens is 190 g/mol. The van der Waals surface area contributed by atoms with Gasteiger partial charge < -0.3 is 15.5 Å². The van der Waals surface area contributed by atoms with Crippen LogP contribution < -0.4 is 10.6 Å². The van der Waals surface area contributed by atoms with Gasteiger partial charge in [0, 0.05) is 13.1 Å². The summed E-state index contributed by atoms with van der Waals surface area (Å²) in [6.45, 7) is 4.36. The van der Waals surface area contributed by atoms with E-state index in [2.05, 4.69) is 29.5 Å². The Bertz CT molecular complexity index is 208. The van der Waals surface area contributed by atoms with Gasteiger partial charge in [-0.3, -0.25) is 4.79 Å². The predicted octanol–water partition coefficient (Wildman–Crippen LogP) is 0.195. The highest BCUT2D eigenvalue weighted by Gasteiger charge is 2.27. The van der Waals surface area contributed by atoms with Crippen LogP contribution in [0.5, 0.6) is 0 Å². The van der Waals surface area contributed by atoms with Crippen molar-refractivity contribution in [1.29, 1.82) is 0 Å². The number of amides is 1. The number of hydrogen-bond acceptors (Lipinski definition) is 3. The lowest BCUT2D eigenvalue weighted by molar-refractivity contribution is -0.122. The molecule has 1 aliphatic heterocycles. The van der Waals surface area contributed by atoms with E-state index < -0.39 is 0 Å². The number of likely N-dealkylation sites (N-methyl/N-ethyl adjacent to an activating group) is 1. The molecule has 0 aromatic rings. The van der Waals surface area contributed by atoms with Gasteiger partial charge in [-0.2, -0.15) is 0 Å². The van der Waals surface area contributed by atoms with Crippen LogP contribution in [0.1, 0.15) is 26.2 Å². The minimum atomic E-state index is 0.0342. The summed E-state index contributed by atoms with van der Waals surface area (Å²) in [5.41, 5.74) is 0. The van der Waals surface area contributed by atoms with Crippen LogP contribution in [0.4, 0.5) is 0 Å². The standard InChI is InChI=1S/C11H23N3O/c1-4-14(3)8-7-9-5-6-10(13-9)11(15)12-2/h9-10,13H,4-8H2,1-3H3,(H,12,15). The molecule has 0 aliphatic carbocycles. The van der Waals surface area contributed by atoms with E-state index in [0.717, 1.165) is 32.4 Å². The summed E-state index contributed by atoms with van der Waals surface area (Å²) in [6.07, 6.45) is 3.23. The van der Waals surface area contributed by atoms with Crippen molar-refractivity contribution in [1.82, 2.24) is 15.5 Å². The molecule has 1 heterocycles. The van der Waals surface area contributed by atoms with Gasteiger partial charge >= 0.3 is 0 Å². The zero-order valence-corrected chi connectivity index (χ0v) is 10.0. The van der Waals surface area contributed by atoms with Crippen molar-refractivity contribution in [3.63, 3.8) is 0 Å². The average molecular weight is 213 g/mol. The molecule has 88 valence electrons. The lowest BCUT2D eigenvalue weighted by Crippen LogP contribution is -2.42. The second kappa shape index (κ2) is 6.08. The lowest BCUT2D eigenvalue weighted by atomic mass is 10.1. The fourth-order valence-corrected chi connectivity index (χ4v) is 1.96. The van der Waals surface area contributed by atoms with Crippen molar-refractivity contribution in [3.8, 4) is 0 Å². The third-order valence-corrected chi connectivity index (χ3v) is 3.20. The molecule has 4 heteroatoms. The van der Waals surface area contributed by atoms with Gasteiger partial charge in [-0.15, -0.1) is 0 Å². The molecule has 1 fully saturated rings. The molecule has 0 bridgehead atoms. The van der Waals surface area contributed by atoms with Crippen molar-refractivity contribution in [2.75, 3.05) is 27.2 Å². The van der Waals surface area contributed by atoms with E-state index in [1.54, 1.807) is 7.05 Å². The van der Waals surface area contributed by atoms with Crippen LogP contribution in [0, 0.1) is 0 Å². The number of rotatable bonds is 5. The first-order valence-corrected chi connectivity index (χ1v) is 5.83. The molecule has 0 saturated carbocycles. The summed E-state index contributed by atoms with van der Waals surface area (Å²) in [5.74, 6) is 0.126. The molecule has 1 saturated heterocycles. The molecule has 2 unspecified atom stereocenters. The molecular formula is C11H23N3O. The van der Waals surface area contributed by atoms with E-state index in [1.165, 1.54) is 0 Å². The normalized spacial score (nSPS) is 25.9. The SMILES string of the molecule is CCN(C)CCC1CCC(C(=O)NC)N1. The lowest BCUT2D eigenvalue weighted by Gasteiger charge is -2.18. The highest BCUT2D eigenvalue weighted by Crippen LogP contribution is 2.15. The van der Waals surface area contributed by atoms with Gasteiger partial charge in [0.1, 0.15) is 0 Å². The summed E-state index contributed by atoms with van der Waals surface area (Å²) >= 11 is 0. The maximum Gasteiger partial charge on any atom is 0.236 e. The van der Waals surface area contributed by atoms with E-state index >= 15 is 0 Å². The Morgan fingerprint density at radius 1 is 1.53 bits per heavy atom. The quantitative estimate of drug-likeness (QED) is 0.685. The topological polar surface area (TPSA) is 44.4 Å². The Morgan fingerprint density at radius 2 is 2.27 bits per heavy atom. The Morgan fingerprint density at radius 3 is 2.87 bits per heavy atom. The summed E-state index contributed by atoms with van der Waals surface area (Å²) in [5, 5.41) is 6.07. The van der Waals surface area contributed by atoms with Crippen LogP contribution in [0.25, 0.3) is 0 Å². The fourth-order valence-electron chi connectivity index (χ4n) is 1.96. The van der Waals surface area contributed by atoms with Gasteiger partial charge in [-0.25, -0.2) is 0 Å². The molecule has 2 N–H and O–H groups in total. The fraction of sp³-hybridized carbons (Fsp3) is 0.909. The second-order valence-corrected chi connectivity index (χ2v) is 4.29. The molecule has 4 nitrogen and oxygen atoms in total. The van der Waals surface area contributed by atoms with Crippen molar-refractivity contribution in [2.24, 2.45) is 0 Å². The first-order valence-electron chi connectivity index (χ1n) is 5.83. The number of nitrogens with one attached hydrogen (secondary N) is 2. The minimum absolute atomic E-state index is 0.0342. The van der Waals surface area contributed by atoms with E-state index in [1.807, 2.05) is 0 Å². The predicted molar refractivity (Wildman–Crippen MR) is 61.8 cm³/mol. The maximum atomic E-state index is 11.4. The molecule has 0 spiro atoms. The van der Waals surface area contributed by atoms with E-state index in [-0.39, 0.29) is 11.9 Å². The minimum Gasteiger partial charge on any atom is -0.358 e. The van der Waals surface area contributed by atoms with E-state index in [4.69, 9.17) is 0 Å². The van der Waals surface area contributed by atoms with Gasteiger partial charge in [-0.1, -0.05) is 6.92 Å². The molecule has 0 radical (unpaired) electrons. The summed E-state index contributed by atoms with van der Waals surface area (Å²) in [7, 11) is 3.83. The smallest absolute Gasteiger partial charge is 0.236 e. The van der Waals surface area contributed by atoms with Gasteiger partial charge in [0.15, 0.2) is 0 Å². The molecule has 1 aliphatic rings. The van der Waals surface area contributed by atoms with Crippen molar-refractivity contribution in [2.45, 2.75) is 38.3 Å². The van der Waals surface area contributed by atoms with Crippen LogP contribution in [-0.2, 0) is 4.79 Å². The number of carbonyl (C=O) groups excluding carboxylic acids is 1. The zero-order valence-electron chi connectivity index (χ0n) is 10.0. The molecule has 1 amide bonds. The molecule has 2 atom stereocenters. The Labute approximate surface area is 92.4 Å². The molecule has 1 rings (SSSR count). The van der Waals surface area contributed by atoms with Crippen LogP contribution in [0.2, 0.25) is 0 Å². The monoisotopic (exact) mass is 213 g/mol. The van der Waals surface area contributed by atoms with Gasteiger partial charge in [-0.05, 0) is 39.4 Å². The summed E-state index contributed by atoms with van der Waals surface area (Å²) < 4.78 is 0. The van der Waals surface area contributed by atoms with Crippen molar-refractivity contribution in [3.05, 3.63) is 0 Å². The third kappa shape index (κ3) is 3.80. The highest BCUT2D eigenvalue weighted by atomic mass is 16.2. The first kappa shape index (κ1) is 12.5. The van der Waals surface area contributed by atoms with Crippen LogP contribution in [0.3, 0.4) is 0 Å². The van der Waals surface area contributed by atoms with Crippen molar-refractivity contribution < 1.29 is 4.79 Å². The summed E-state index contributed by atoms with van der Waals surface area (Å²) in [6, 6.07) is 0.549. The Kier molecular flexibility index (Phi) is 5.05. The van der Waals surface area contributed by atoms with Crippen molar-refractivity contribution >= 4 is 5.91 Å². The number of carbonyl (C=O) groups is 1. The van der Waals surface area contributed by atoms with Gasteiger partial charge in [0.2, 0.25) is 5.91 Å². The number of nitrogens with zero attached hydrogens (tertiary/aromatic N) is 1. The second-order valence-electron chi connectivity index (χ2n) is 4.29. The molecule has 0 aromatic carbocycles. The van der Waals surface area contributed by atoms with Gasteiger partial charge in [0.25, 0.3) is 0 Å². The summed E-state index contributed by atoms with van der Waals surface area (Å²) in [4.78, 5) is 13.7. The number of hydrogen-bond donors (Lipinski definition) is 2.